The van der Waals surface area contributed by atoms with E-state index in [1.54, 1.807) is 0 Å². The number of nitrogens with zero attached hydrogens (tertiary/aromatic N) is 2. The average Bonchev–Trinajstić information content (AvgIpc) is 2.67. The van der Waals surface area contributed by atoms with E-state index < -0.39 is 11.9 Å². The van der Waals surface area contributed by atoms with E-state index in [9.17, 15) is 13.2 Å². The Morgan fingerprint density at radius 1 is 1.29 bits per heavy atom. The third kappa shape index (κ3) is 3.86. The van der Waals surface area contributed by atoms with Gasteiger partial charge in [-0.05, 0) is 6.07 Å². The Morgan fingerprint density at radius 3 is 2.47 bits per heavy atom. The van der Waals surface area contributed by atoms with Gasteiger partial charge >= 0.3 is 6.18 Å². The lowest BCUT2D eigenvalue weighted by Crippen LogP contribution is -2.42. The number of rotatable bonds is 2. The van der Waals surface area contributed by atoms with Crippen LogP contribution in [0.1, 0.15) is 11.4 Å². The Morgan fingerprint density at radius 2 is 1.94 bits per heavy atom. The van der Waals surface area contributed by atoms with Gasteiger partial charge in [-0.2, -0.15) is 18.3 Å². The SMILES string of the molecule is Cl.FC(F)(F)c1cc(CN2CCNCC2)[nH]n1. The minimum atomic E-state index is -4.36. The Labute approximate surface area is 103 Å². The first-order valence-electron chi connectivity index (χ1n) is 5.10. The second-order valence-corrected chi connectivity index (χ2v) is 3.80. The standard InChI is InChI=1S/C9H13F3N4.ClH/c10-9(11,12)8-5-7(14-15-8)6-16-3-1-13-2-4-16;/h5,13H,1-4,6H2,(H,14,15);1H. The minimum absolute atomic E-state index is 0. The lowest BCUT2D eigenvalue weighted by Gasteiger charge is -2.26. The first kappa shape index (κ1) is 14.3. The molecule has 2 heterocycles. The number of aromatic nitrogens is 2. The molecule has 0 aliphatic carbocycles. The Balaban J connectivity index is 0.00000144. The minimum Gasteiger partial charge on any atom is -0.314 e. The fourth-order valence-electron chi connectivity index (χ4n) is 1.70. The summed E-state index contributed by atoms with van der Waals surface area (Å²) in [6.45, 7) is 3.94. The zero-order valence-electron chi connectivity index (χ0n) is 9.05. The van der Waals surface area contributed by atoms with Crippen molar-refractivity contribution in [2.24, 2.45) is 0 Å². The summed E-state index contributed by atoms with van der Waals surface area (Å²) >= 11 is 0. The highest BCUT2D eigenvalue weighted by Gasteiger charge is 2.33. The van der Waals surface area contributed by atoms with Crippen LogP contribution >= 0.6 is 12.4 Å². The van der Waals surface area contributed by atoms with E-state index in [1.165, 1.54) is 0 Å². The van der Waals surface area contributed by atoms with Gasteiger partial charge in [0, 0.05) is 38.4 Å². The molecule has 8 heteroatoms. The largest absolute Gasteiger partial charge is 0.435 e. The fraction of sp³-hybridized carbons (Fsp3) is 0.667. The number of nitrogens with one attached hydrogen (secondary N) is 2. The van der Waals surface area contributed by atoms with Crippen LogP contribution in [0.3, 0.4) is 0 Å². The van der Waals surface area contributed by atoms with E-state index in [1.807, 2.05) is 0 Å². The molecule has 0 radical (unpaired) electrons. The Bertz CT molecular complexity index is 346. The maximum Gasteiger partial charge on any atom is 0.435 e. The van der Waals surface area contributed by atoms with Crippen LogP contribution < -0.4 is 5.32 Å². The van der Waals surface area contributed by atoms with Gasteiger partial charge in [-0.1, -0.05) is 0 Å². The van der Waals surface area contributed by atoms with Crippen LogP contribution in [0.4, 0.5) is 13.2 Å². The molecular formula is C9H14ClF3N4. The molecule has 1 aromatic heterocycles. The zero-order valence-corrected chi connectivity index (χ0v) is 9.87. The van der Waals surface area contributed by atoms with Gasteiger partial charge in [0.1, 0.15) is 0 Å². The Kier molecular flexibility index (Phi) is 4.79. The number of alkyl halides is 3. The molecule has 98 valence electrons. The number of hydrogen-bond donors (Lipinski definition) is 2. The molecule has 1 aromatic rings. The number of H-pyrrole nitrogens is 1. The number of hydrogen-bond acceptors (Lipinski definition) is 3. The summed E-state index contributed by atoms with van der Waals surface area (Å²) in [5.41, 5.74) is -0.341. The predicted octanol–water partition coefficient (Wildman–Crippen LogP) is 1.26. The summed E-state index contributed by atoms with van der Waals surface area (Å²) in [7, 11) is 0. The van der Waals surface area contributed by atoms with Gasteiger partial charge in [0.25, 0.3) is 0 Å². The molecule has 1 aliphatic rings. The normalized spacial score (nSPS) is 17.8. The molecule has 0 unspecified atom stereocenters. The van der Waals surface area contributed by atoms with Gasteiger partial charge in [0.15, 0.2) is 5.69 Å². The van der Waals surface area contributed by atoms with E-state index in [2.05, 4.69) is 20.4 Å². The van der Waals surface area contributed by atoms with Crippen molar-refractivity contribution in [3.05, 3.63) is 17.5 Å². The van der Waals surface area contributed by atoms with Crippen LogP contribution in [0, 0.1) is 0 Å². The summed E-state index contributed by atoms with van der Waals surface area (Å²) in [5.74, 6) is 0. The summed E-state index contributed by atoms with van der Waals surface area (Å²) in [6, 6.07) is 1.07. The van der Waals surface area contributed by atoms with E-state index in [0.29, 0.717) is 12.2 Å². The molecule has 0 spiro atoms. The summed E-state index contributed by atoms with van der Waals surface area (Å²) in [4.78, 5) is 2.09. The van der Waals surface area contributed by atoms with Gasteiger partial charge in [-0.15, -0.1) is 12.4 Å². The van der Waals surface area contributed by atoms with Crippen molar-refractivity contribution in [2.75, 3.05) is 26.2 Å². The van der Waals surface area contributed by atoms with E-state index in [0.717, 1.165) is 32.2 Å². The third-order valence-electron chi connectivity index (χ3n) is 2.52. The molecule has 1 saturated heterocycles. The van der Waals surface area contributed by atoms with Crippen LogP contribution in [-0.2, 0) is 12.7 Å². The number of aromatic amines is 1. The van der Waals surface area contributed by atoms with Crippen molar-refractivity contribution < 1.29 is 13.2 Å². The molecule has 0 atom stereocenters. The van der Waals surface area contributed by atoms with Crippen LogP contribution in [0.2, 0.25) is 0 Å². The molecule has 1 fully saturated rings. The second-order valence-electron chi connectivity index (χ2n) is 3.80. The van der Waals surface area contributed by atoms with Gasteiger partial charge < -0.3 is 5.32 Å². The van der Waals surface area contributed by atoms with Crippen LogP contribution in [0.25, 0.3) is 0 Å². The summed E-state index contributed by atoms with van der Waals surface area (Å²) < 4.78 is 36.8. The van der Waals surface area contributed by atoms with Crippen LogP contribution in [0.5, 0.6) is 0 Å². The molecule has 0 aromatic carbocycles. The van der Waals surface area contributed by atoms with Crippen molar-refractivity contribution in [3.63, 3.8) is 0 Å². The monoisotopic (exact) mass is 270 g/mol. The maximum absolute atomic E-state index is 12.3. The highest BCUT2D eigenvalue weighted by molar-refractivity contribution is 5.85. The molecular weight excluding hydrogens is 257 g/mol. The average molecular weight is 271 g/mol. The van der Waals surface area contributed by atoms with E-state index in [-0.39, 0.29) is 12.4 Å². The first-order chi connectivity index (χ1) is 7.55. The second kappa shape index (κ2) is 5.70. The molecule has 0 amide bonds. The van der Waals surface area contributed by atoms with Crippen LogP contribution in [-0.4, -0.2) is 41.3 Å². The topological polar surface area (TPSA) is 44.0 Å². The third-order valence-corrected chi connectivity index (χ3v) is 2.52. The molecule has 2 N–H and O–H groups in total. The molecule has 2 rings (SSSR count). The Hall–Kier alpha value is -0.790. The molecule has 4 nitrogen and oxygen atoms in total. The van der Waals surface area contributed by atoms with Crippen molar-refractivity contribution in [3.8, 4) is 0 Å². The van der Waals surface area contributed by atoms with Crippen molar-refractivity contribution in [2.45, 2.75) is 12.7 Å². The van der Waals surface area contributed by atoms with Crippen molar-refractivity contribution >= 4 is 12.4 Å². The number of halogens is 4. The van der Waals surface area contributed by atoms with Gasteiger partial charge in [0.2, 0.25) is 0 Å². The zero-order chi connectivity index (χ0) is 11.6. The fourth-order valence-corrected chi connectivity index (χ4v) is 1.70. The lowest BCUT2D eigenvalue weighted by molar-refractivity contribution is -0.141. The molecule has 17 heavy (non-hydrogen) atoms. The molecule has 0 bridgehead atoms. The summed E-state index contributed by atoms with van der Waals surface area (Å²) in [5, 5.41) is 8.87. The highest BCUT2D eigenvalue weighted by Crippen LogP contribution is 2.27. The van der Waals surface area contributed by atoms with Gasteiger partial charge in [-0.3, -0.25) is 10.00 Å². The van der Waals surface area contributed by atoms with Gasteiger partial charge in [-0.25, -0.2) is 0 Å². The van der Waals surface area contributed by atoms with Gasteiger partial charge in [0.05, 0.1) is 0 Å². The predicted molar refractivity (Wildman–Crippen MR) is 59.0 cm³/mol. The first-order valence-corrected chi connectivity index (χ1v) is 5.10. The van der Waals surface area contributed by atoms with Crippen molar-refractivity contribution in [1.82, 2.24) is 20.4 Å². The maximum atomic E-state index is 12.3. The van der Waals surface area contributed by atoms with E-state index in [4.69, 9.17) is 0 Å². The quantitative estimate of drug-likeness (QED) is 0.850. The van der Waals surface area contributed by atoms with E-state index >= 15 is 0 Å². The molecule has 1 aliphatic heterocycles. The smallest absolute Gasteiger partial charge is 0.314 e. The summed E-state index contributed by atoms with van der Waals surface area (Å²) in [6.07, 6.45) is -4.36. The van der Waals surface area contributed by atoms with Crippen molar-refractivity contribution in [1.29, 1.82) is 0 Å². The lowest BCUT2D eigenvalue weighted by atomic mass is 10.3. The van der Waals surface area contributed by atoms with Crippen LogP contribution in [0.15, 0.2) is 6.07 Å². The highest BCUT2D eigenvalue weighted by atomic mass is 35.5. The number of piperazine rings is 1. The molecule has 0 saturated carbocycles.